The number of carboxylic acids is 2. The number of hydrogen-bond acceptors (Lipinski definition) is 6. The van der Waals surface area contributed by atoms with Gasteiger partial charge < -0.3 is 15.2 Å². The Morgan fingerprint density at radius 3 is 1.56 bits per heavy atom. The minimum Gasteiger partial charge on any atom is -0.481 e. The first-order chi connectivity index (χ1) is 11.9. The summed E-state index contributed by atoms with van der Waals surface area (Å²) in [6.07, 6.45) is 1.24. The molecule has 0 radical (unpaired) electrons. The van der Waals surface area contributed by atoms with Gasteiger partial charge in [0.15, 0.2) is 0 Å². The third-order valence-corrected chi connectivity index (χ3v) is 2.36. The Hall–Kier alpha value is -2.98. The van der Waals surface area contributed by atoms with E-state index in [1.807, 2.05) is 46.5 Å². The fourth-order valence-electron chi connectivity index (χ4n) is 1.45. The van der Waals surface area contributed by atoms with Crippen LogP contribution in [0.3, 0.4) is 0 Å². The van der Waals surface area contributed by atoms with Gasteiger partial charge in [0.25, 0.3) is 0 Å². The molecule has 11 heteroatoms. The first-order valence-corrected chi connectivity index (χ1v) is 7.84. The second kappa shape index (κ2) is 10.9. The predicted molar refractivity (Wildman–Crippen MR) is 97.8 cm³/mol. The number of nitrogens with zero attached hydrogens (tertiary/aromatic N) is 1. The Balaban J connectivity index is 0. The topological polar surface area (TPSA) is 183 Å². The maximum atomic E-state index is 10.6. The van der Waals surface area contributed by atoms with Gasteiger partial charge in [-0.2, -0.15) is 0 Å². The second-order valence-electron chi connectivity index (χ2n) is 7.98. The summed E-state index contributed by atoms with van der Waals surface area (Å²) in [6.45, 7) is 11.4. The van der Waals surface area contributed by atoms with Crippen LogP contribution < -0.4 is 11.2 Å². The number of aromatic nitrogens is 2. The number of nitrogens with one attached hydrogen (secondary N) is 2. The first-order valence-electron chi connectivity index (χ1n) is 7.84. The average molecular weight is 389 g/mol. The standard InChI is InChI=1S/2C6H12O2.C4H3N3O4/c2*1-6(2,3)4-5(7)8;8-3-2(7(10)11)1-5-4(9)6-3/h2*4H2,1-3H3,(H,7,8);1H,(H2,5,6,8,9). The lowest BCUT2D eigenvalue weighted by Crippen LogP contribution is -2.23. The van der Waals surface area contributed by atoms with Crippen LogP contribution in [0.25, 0.3) is 0 Å². The van der Waals surface area contributed by atoms with E-state index in [1.54, 1.807) is 4.98 Å². The summed E-state index contributed by atoms with van der Waals surface area (Å²) in [5.41, 5.74) is -2.60. The normalized spacial score (nSPS) is 10.6. The fraction of sp³-hybridized carbons (Fsp3) is 0.625. The highest BCUT2D eigenvalue weighted by Crippen LogP contribution is 2.17. The molecule has 4 N–H and O–H groups in total. The van der Waals surface area contributed by atoms with E-state index in [0.29, 0.717) is 0 Å². The van der Waals surface area contributed by atoms with Crippen LogP contribution in [0.15, 0.2) is 15.8 Å². The summed E-state index contributed by atoms with van der Waals surface area (Å²) >= 11 is 0. The molecule has 0 unspecified atom stereocenters. The quantitative estimate of drug-likeness (QED) is 0.446. The number of rotatable bonds is 3. The molecule has 1 aromatic rings. The lowest BCUT2D eigenvalue weighted by atomic mass is 9.93. The Kier molecular flexibility index (Phi) is 10.6. The number of aromatic amines is 2. The van der Waals surface area contributed by atoms with Crippen LogP contribution in [0.4, 0.5) is 5.69 Å². The summed E-state index contributed by atoms with van der Waals surface area (Å²) in [7, 11) is 0. The summed E-state index contributed by atoms with van der Waals surface area (Å²) in [5, 5.41) is 26.5. The number of H-pyrrole nitrogens is 2. The van der Waals surface area contributed by atoms with Gasteiger partial charge in [-0.05, 0) is 10.8 Å². The molecule has 1 heterocycles. The van der Waals surface area contributed by atoms with Crippen LogP contribution in [0.5, 0.6) is 0 Å². The lowest BCUT2D eigenvalue weighted by Gasteiger charge is -2.13. The van der Waals surface area contributed by atoms with Crippen molar-refractivity contribution in [3.63, 3.8) is 0 Å². The molecule has 0 aliphatic rings. The van der Waals surface area contributed by atoms with Gasteiger partial charge in [0.2, 0.25) is 0 Å². The summed E-state index contributed by atoms with van der Waals surface area (Å²) in [4.78, 5) is 53.7. The zero-order chi connectivity index (χ0) is 22.0. The van der Waals surface area contributed by atoms with E-state index in [2.05, 4.69) is 0 Å². The number of hydrogen-bond donors (Lipinski definition) is 4. The summed E-state index contributed by atoms with van der Waals surface area (Å²) in [5.74, 6) is -1.45. The molecular weight excluding hydrogens is 362 g/mol. The van der Waals surface area contributed by atoms with Crippen molar-refractivity contribution in [2.24, 2.45) is 10.8 Å². The van der Waals surface area contributed by atoms with E-state index in [4.69, 9.17) is 10.2 Å². The summed E-state index contributed by atoms with van der Waals surface area (Å²) in [6, 6.07) is 0. The van der Waals surface area contributed by atoms with Gasteiger partial charge in [0, 0.05) is 0 Å². The van der Waals surface area contributed by atoms with Crippen molar-refractivity contribution in [1.29, 1.82) is 0 Å². The van der Waals surface area contributed by atoms with E-state index >= 15 is 0 Å². The van der Waals surface area contributed by atoms with Crippen molar-refractivity contribution < 1.29 is 24.7 Å². The van der Waals surface area contributed by atoms with Crippen LogP contribution in [0.1, 0.15) is 54.4 Å². The van der Waals surface area contributed by atoms with E-state index in [-0.39, 0.29) is 23.7 Å². The molecule has 0 atom stereocenters. The Labute approximate surface area is 155 Å². The largest absolute Gasteiger partial charge is 0.481 e. The van der Waals surface area contributed by atoms with Crippen molar-refractivity contribution in [2.45, 2.75) is 54.4 Å². The third kappa shape index (κ3) is 17.6. The van der Waals surface area contributed by atoms with E-state index in [1.165, 1.54) is 0 Å². The smallest absolute Gasteiger partial charge is 0.349 e. The highest BCUT2D eigenvalue weighted by molar-refractivity contribution is 5.67. The van der Waals surface area contributed by atoms with Crippen LogP contribution in [0.2, 0.25) is 0 Å². The van der Waals surface area contributed by atoms with Crippen molar-refractivity contribution in [3.05, 3.63) is 37.1 Å². The molecular formula is C16H27N3O8. The highest BCUT2D eigenvalue weighted by Gasteiger charge is 2.14. The maximum Gasteiger partial charge on any atom is 0.349 e. The zero-order valence-corrected chi connectivity index (χ0v) is 16.3. The van der Waals surface area contributed by atoms with Crippen LogP contribution in [-0.2, 0) is 9.59 Å². The van der Waals surface area contributed by atoms with Crippen LogP contribution in [0, 0.1) is 20.9 Å². The molecule has 0 aliphatic heterocycles. The van der Waals surface area contributed by atoms with Crippen molar-refractivity contribution >= 4 is 17.6 Å². The Morgan fingerprint density at radius 2 is 1.37 bits per heavy atom. The molecule has 11 nitrogen and oxygen atoms in total. The Bertz CT molecular complexity index is 724. The lowest BCUT2D eigenvalue weighted by molar-refractivity contribution is -0.386. The van der Waals surface area contributed by atoms with Crippen LogP contribution in [-0.4, -0.2) is 37.0 Å². The Morgan fingerprint density at radius 1 is 1.00 bits per heavy atom. The van der Waals surface area contributed by atoms with Gasteiger partial charge in [0.1, 0.15) is 0 Å². The van der Waals surface area contributed by atoms with Crippen molar-refractivity contribution in [2.75, 3.05) is 0 Å². The van der Waals surface area contributed by atoms with Gasteiger partial charge >= 0.3 is 28.9 Å². The third-order valence-electron chi connectivity index (χ3n) is 2.36. The molecule has 0 bridgehead atoms. The molecule has 0 fully saturated rings. The summed E-state index contributed by atoms with van der Waals surface area (Å²) < 4.78 is 0. The molecule has 154 valence electrons. The average Bonchev–Trinajstić information content (AvgIpc) is 2.32. The minimum atomic E-state index is -1.00. The van der Waals surface area contributed by atoms with E-state index in [9.17, 15) is 29.3 Å². The molecule has 27 heavy (non-hydrogen) atoms. The highest BCUT2D eigenvalue weighted by atomic mass is 16.6. The maximum absolute atomic E-state index is 10.6. The molecule has 0 saturated carbocycles. The molecule has 0 aromatic carbocycles. The van der Waals surface area contributed by atoms with Gasteiger partial charge in [-0.25, -0.2) is 4.79 Å². The first kappa shape index (κ1) is 26.3. The van der Waals surface area contributed by atoms with Gasteiger partial charge in [-0.15, -0.1) is 0 Å². The monoisotopic (exact) mass is 389 g/mol. The molecule has 0 spiro atoms. The number of aliphatic carboxylic acids is 2. The predicted octanol–water partition coefficient (Wildman–Crippen LogP) is 1.99. The van der Waals surface area contributed by atoms with Crippen LogP contribution >= 0.6 is 0 Å². The molecule has 0 aliphatic carbocycles. The van der Waals surface area contributed by atoms with Crippen molar-refractivity contribution in [3.8, 4) is 0 Å². The van der Waals surface area contributed by atoms with E-state index < -0.39 is 33.8 Å². The minimum absolute atomic E-state index is 0.0775. The molecule has 1 aromatic heterocycles. The van der Waals surface area contributed by atoms with Gasteiger partial charge in [-0.1, -0.05) is 41.5 Å². The zero-order valence-electron chi connectivity index (χ0n) is 16.3. The fourth-order valence-corrected chi connectivity index (χ4v) is 1.45. The number of carboxylic acid groups (broad SMARTS) is 2. The van der Waals surface area contributed by atoms with Gasteiger partial charge in [-0.3, -0.25) is 29.5 Å². The molecule has 0 saturated heterocycles. The molecule has 0 amide bonds. The van der Waals surface area contributed by atoms with E-state index in [0.717, 1.165) is 6.20 Å². The number of nitro groups is 1. The SMILES string of the molecule is CC(C)(C)CC(=O)O.CC(C)(C)CC(=O)O.O=c1[nH]cc([N+](=O)[O-])c(=O)[nH]1. The second-order valence-corrected chi connectivity index (χ2v) is 7.98. The number of carbonyl (C=O) groups is 2. The van der Waals surface area contributed by atoms with Crippen molar-refractivity contribution in [1.82, 2.24) is 9.97 Å². The molecule has 1 rings (SSSR count). The van der Waals surface area contributed by atoms with Gasteiger partial charge in [0.05, 0.1) is 24.0 Å².